The zero-order chi connectivity index (χ0) is 26.1. The number of Topliss-reactive ketones (excluding diaryl/α,β-unsaturated/α-hetero) is 1. The van der Waals surface area contributed by atoms with E-state index in [0.717, 1.165) is 6.07 Å². The number of hydrogen-bond donors (Lipinski definition) is 2. The summed E-state index contributed by atoms with van der Waals surface area (Å²) in [5.41, 5.74) is 5.98. The molecule has 1 aliphatic rings. The lowest BCUT2D eigenvalue weighted by atomic mass is 9.85. The third kappa shape index (κ3) is 6.55. The van der Waals surface area contributed by atoms with Crippen molar-refractivity contribution in [2.45, 2.75) is 64.8 Å². The highest BCUT2D eigenvalue weighted by atomic mass is 35.5. The van der Waals surface area contributed by atoms with Gasteiger partial charge in [-0.3, -0.25) is 14.4 Å². The van der Waals surface area contributed by atoms with Gasteiger partial charge in [0.25, 0.3) is 5.91 Å². The van der Waals surface area contributed by atoms with E-state index in [1.165, 1.54) is 19.1 Å². The minimum Gasteiger partial charge on any atom is -0.484 e. The molecule has 2 aromatic rings. The van der Waals surface area contributed by atoms with E-state index in [0.29, 0.717) is 23.3 Å². The van der Waals surface area contributed by atoms with Crippen LogP contribution in [0.2, 0.25) is 5.02 Å². The number of benzene rings is 2. The summed E-state index contributed by atoms with van der Waals surface area (Å²) < 4.78 is 25.6. The number of hydrogen-bond acceptors (Lipinski definition) is 6. The van der Waals surface area contributed by atoms with Gasteiger partial charge < -0.3 is 20.5 Å². The molecule has 3 atom stereocenters. The minimum absolute atomic E-state index is 0. The number of nitrogens with two attached hydrogens (primary N) is 1. The van der Waals surface area contributed by atoms with Gasteiger partial charge in [0.2, 0.25) is 0 Å². The van der Waals surface area contributed by atoms with Crippen LogP contribution in [0.1, 0.15) is 73.4 Å². The predicted molar refractivity (Wildman–Crippen MR) is 137 cm³/mol. The van der Waals surface area contributed by atoms with Crippen LogP contribution in [0, 0.1) is 11.7 Å². The maximum atomic E-state index is 13.6. The van der Waals surface area contributed by atoms with Gasteiger partial charge >= 0.3 is 5.97 Å². The lowest BCUT2D eigenvalue weighted by molar-refractivity contribution is -0.167. The highest BCUT2D eigenvalue weighted by Crippen LogP contribution is 2.42. The van der Waals surface area contributed by atoms with E-state index in [9.17, 15) is 18.8 Å². The van der Waals surface area contributed by atoms with E-state index >= 15 is 0 Å². The van der Waals surface area contributed by atoms with Gasteiger partial charge in [0, 0.05) is 16.7 Å². The smallest absolute Gasteiger partial charge is 0.323 e. The Morgan fingerprint density at radius 2 is 1.81 bits per heavy atom. The van der Waals surface area contributed by atoms with Gasteiger partial charge in [-0.15, -0.1) is 12.4 Å². The summed E-state index contributed by atoms with van der Waals surface area (Å²) in [6.45, 7) is 8.77. The molecule has 0 bridgehead atoms. The number of fused-ring (bicyclic) bond motifs is 1. The Balaban J connectivity index is 0.00000456. The lowest BCUT2D eigenvalue weighted by Gasteiger charge is -2.44. The number of ether oxygens (including phenoxy) is 2. The summed E-state index contributed by atoms with van der Waals surface area (Å²) in [6.07, 6.45) is -0.564. The number of rotatable bonds is 7. The molecule has 10 heteroatoms. The van der Waals surface area contributed by atoms with Gasteiger partial charge in [0.15, 0.2) is 11.9 Å². The molecule has 196 valence electrons. The molecule has 0 fully saturated rings. The van der Waals surface area contributed by atoms with Crippen LogP contribution in [0.3, 0.4) is 0 Å². The maximum Gasteiger partial charge on any atom is 0.323 e. The fourth-order valence-corrected chi connectivity index (χ4v) is 4.23. The molecule has 7 nitrogen and oxygen atoms in total. The molecule has 1 heterocycles. The third-order valence-corrected chi connectivity index (χ3v) is 6.14. The summed E-state index contributed by atoms with van der Waals surface area (Å²) >= 11 is 5.86. The van der Waals surface area contributed by atoms with Gasteiger partial charge in [-0.25, -0.2) is 4.39 Å². The van der Waals surface area contributed by atoms with Crippen molar-refractivity contribution in [3.63, 3.8) is 0 Å². The van der Waals surface area contributed by atoms with Crippen molar-refractivity contribution in [2.24, 2.45) is 11.7 Å². The van der Waals surface area contributed by atoms with E-state index in [1.807, 2.05) is 13.8 Å². The van der Waals surface area contributed by atoms with E-state index in [2.05, 4.69) is 5.32 Å². The lowest BCUT2D eigenvalue weighted by Crippen LogP contribution is -2.56. The molecule has 0 saturated heterocycles. The second-order valence-electron chi connectivity index (χ2n) is 9.69. The van der Waals surface area contributed by atoms with Crippen LogP contribution in [-0.4, -0.2) is 35.4 Å². The van der Waals surface area contributed by atoms with E-state index in [-0.39, 0.29) is 34.7 Å². The average Bonchev–Trinajstić information content (AvgIpc) is 2.76. The average molecular weight is 541 g/mol. The van der Waals surface area contributed by atoms with Gasteiger partial charge in [-0.2, -0.15) is 0 Å². The maximum absolute atomic E-state index is 13.6. The molecular weight excluding hydrogens is 510 g/mol. The van der Waals surface area contributed by atoms with E-state index in [1.54, 1.807) is 32.0 Å². The first-order chi connectivity index (χ1) is 16.3. The number of esters is 1. The zero-order valence-corrected chi connectivity index (χ0v) is 22.3. The molecular formula is C26H31Cl2FN2O5. The van der Waals surface area contributed by atoms with Gasteiger partial charge in [0.05, 0.1) is 11.1 Å². The summed E-state index contributed by atoms with van der Waals surface area (Å²) in [5, 5.41) is 2.66. The Labute approximate surface area is 221 Å². The van der Waals surface area contributed by atoms with E-state index < -0.39 is 41.5 Å². The molecule has 0 aromatic heterocycles. The summed E-state index contributed by atoms with van der Waals surface area (Å²) in [4.78, 5) is 38.1. The number of carbonyl (C=O) groups excluding carboxylic acids is 3. The number of halogens is 3. The Morgan fingerprint density at radius 1 is 1.17 bits per heavy atom. The topological polar surface area (TPSA) is 108 Å². The Morgan fingerprint density at radius 3 is 2.39 bits per heavy atom. The van der Waals surface area contributed by atoms with Gasteiger partial charge in [0.1, 0.15) is 23.2 Å². The molecule has 36 heavy (non-hydrogen) atoms. The standard InChI is InChI=1S/C26H30ClFN2O5.ClH/c1-13(2)10-20(29)25(33)34-23-22(30-24(32)16-6-8-19(28)18(27)12-16)17-11-15(14(3)31)7-9-21(17)35-26(23,4)5;/h6-9,11-13,20,22-23H,10,29H2,1-5H3,(H,30,32);1H/t20-,22+,23+;/m1./s1. The minimum atomic E-state index is -1.06. The molecule has 2 aromatic carbocycles. The zero-order valence-electron chi connectivity index (χ0n) is 20.8. The van der Waals surface area contributed by atoms with Crippen molar-refractivity contribution in [3.8, 4) is 5.75 Å². The van der Waals surface area contributed by atoms with E-state index in [4.69, 9.17) is 26.8 Å². The van der Waals surface area contributed by atoms with Crippen LogP contribution < -0.4 is 15.8 Å². The second kappa shape index (κ2) is 11.6. The Bertz CT molecular complexity index is 1160. The third-order valence-electron chi connectivity index (χ3n) is 5.85. The number of amides is 1. The van der Waals surface area contributed by atoms with Crippen LogP contribution in [0.25, 0.3) is 0 Å². The van der Waals surface area contributed by atoms with Crippen molar-refractivity contribution >= 4 is 41.7 Å². The van der Waals surface area contributed by atoms with Crippen molar-refractivity contribution in [1.29, 1.82) is 0 Å². The summed E-state index contributed by atoms with van der Waals surface area (Å²) in [6, 6.07) is 6.73. The van der Waals surface area contributed by atoms with Gasteiger partial charge in [-0.1, -0.05) is 25.4 Å². The first kappa shape index (κ1) is 29.5. The molecule has 3 N–H and O–H groups in total. The quantitative estimate of drug-likeness (QED) is 0.376. The van der Waals surface area contributed by atoms with Crippen molar-refractivity contribution in [1.82, 2.24) is 5.32 Å². The van der Waals surface area contributed by atoms with Crippen molar-refractivity contribution in [2.75, 3.05) is 0 Å². The molecule has 1 aliphatic heterocycles. The SMILES string of the molecule is CC(=O)c1ccc2c(c1)[C@H](NC(=O)c1ccc(F)c(Cl)c1)[C@H](OC(=O)[C@H](N)CC(C)C)C(C)(C)O2.Cl. The fourth-order valence-electron chi connectivity index (χ4n) is 4.05. The van der Waals surface area contributed by atoms with Crippen LogP contribution in [0.5, 0.6) is 5.75 Å². The Hall–Kier alpha value is -2.68. The normalized spacial score (nSPS) is 18.8. The van der Waals surface area contributed by atoms with Crippen molar-refractivity contribution < 1.29 is 28.2 Å². The summed E-state index contributed by atoms with van der Waals surface area (Å²) in [7, 11) is 0. The largest absolute Gasteiger partial charge is 0.484 e. The van der Waals surface area contributed by atoms with Crippen LogP contribution in [0.4, 0.5) is 4.39 Å². The molecule has 0 unspecified atom stereocenters. The predicted octanol–water partition coefficient (Wildman–Crippen LogP) is 5.03. The highest BCUT2D eigenvalue weighted by Gasteiger charge is 2.48. The highest BCUT2D eigenvalue weighted by molar-refractivity contribution is 6.31. The van der Waals surface area contributed by atoms with Crippen LogP contribution in [-0.2, 0) is 9.53 Å². The summed E-state index contributed by atoms with van der Waals surface area (Å²) in [5.74, 6) is -1.43. The first-order valence-electron chi connectivity index (χ1n) is 11.4. The number of ketones is 1. The molecule has 0 aliphatic carbocycles. The van der Waals surface area contributed by atoms with Gasteiger partial charge in [-0.05, 0) is 69.5 Å². The molecule has 3 rings (SSSR count). The Kier molecular flexibility index (Phi) is 9.51. The van der Waals surface area contributed by atoms with Crippen LogP contribution >= 0.6 is 24.0 Å². The monoisotopic (exact) mass is 540 g/mol. The molecule has 0 saturated carbocycles. The van der Waals surface area contributed by atoms with Crippen molar-refractivity contribution in [3.05, 3.63) is 63.9 Å². The number of carbonyl (C=O) groups is 3. The second-order valence-corrected chi connectivity index (χ2v) is 10.1. The fraction of sp³-hybridized carbons (Fsp3) is 0.423. The molecule has 0 spiro atoms. The molecule has 1 amide bonds. The first-order valence-corrected chi connectivity index (χ1v) is 11.7. The number of nitrogens with one attached hydrogen (secondary N) is 1. The molecule has 0 radical (unpaired) electrons. The van der Waals surface area contributed by atoms with Crippen LogP contribution in [0.15, 0.2) is 36.4 Å².